The molecule has 0 amide bonds. The van der Waals surface area contributed by atoms with E-state index in [1.165, 1.54) is 19.3 Å². The van der Waals surface area contributed by atoms with E-state index >= 15 is 0 Å². The molecule has 0 saturated carbocycles. The Bertz CT molecular complexity index is 995. The van der Waals surface area contributed by atoms with Crippen LogP contribution in [0, 0.1) is 0 Å². The van der Waals surface area contributed by atoms with Crippen molar-refractivity contribution < 1.29 is 5.11 Å². The van der Waals surface area contributed by atoms with Gasteiger partial charge in [0.15, 0.2) is 5.82 Å². The SMILES string of the molecule is C[C@]12CCC(C[C@@H](Sc3cnc(-c4cc5ccncc5cc4O)nn3)C1)N2. The summed E-state index contributed by atoms with van der Waals surface area (Å²) in [6.07, 6.45) is 10.1. The van der Waals surface area contributed by atoms with Crippen LogP contribution in [0.2, 0.25) is 0 Å². The zero-order chi connectivity index (χ0) is 18.4. The van der Waals surface area contributed by atoms with Gasteiger partial charge in [-0.25, -0.2) is 4.98 Å². The summed E-state index contributed by atoms with van der Waals surface area (Å²) in [5.41, 5.74) is 0.859. The zero-order valence-electron chi connectivity index (χ0n) is 15.1. The van der Waals surface area contributed by atoms with Crippen LogP contribution in [0.1, 0.15) is 32.6 Å². The number of hydrogen-bond acceptors (Lipinski definition) is 7. The number of nitrogens with zero attached hydrogens (tertiary/aromatic N) is 4. The fourth-order valence-electron chi connectivity index (χ4n) is 4.38. The normalized spacial score (nSPS) is 27.1. The Hall–Kier alpha value is -2.25. The number of thioether (sulfide) groups is 1. The molecule has 5 rings (SSSR count). The fraction of sp³-hybridized carbons (Fsp3) is 0.400. The molecule has 4 heterocycles. The van der Waals surface area contributed by atoms with Crippen molar-refractivity contribution in [3.05, 3.63) is 36.8 Å². The van der Waals surface area contributed by atoms with Crippen LogP contribution in [0.25, 0.3) is 22.2 Å². The first-order valence-electron chi connectivity index (χ1n) is 9.29. The van der Waals surface area contributed by atoms with Crippen LogP contribution < -0.4 is 5.32 Å². The molecule has 1 aromatic carbocycles. The third-order valence-electron chi connectivity index (χ3n) is 5.65. The lowest BCUT2D eigenvalue weighted by Crippen LogP contribution is -2.48. The summed E-state index contributed by atoms with van der Waals surface area (Å²) >= 11 is 1.77. The number of rotatable bonds is 3. The average Bonchev–Trinajstić information content (AvgIpc) is 2.94. The summed E-state index contributed by atoms with van der Waals surface area (Å²) in [5.74, 6) is 0.577. The second-order valence-corrected chi connectivity index (χ2v) is 9.15. The van der Waals surface area contributed by atoms with Crippen molar-refractivity contribution in [3.63, 3.8) is 0 Å². The Balaban J connectivity index is 1.37. The van der Waals surface area contributed by atoms with Crippen molar-refractivity contribution >= 4 is 22.5 Å². The highest BCUT2D eigenvalue weighted by atomic mass is 32.2. The number of piperidine rings is 1. The van der Waals surface area contributed by atoms with Gasteiger partial charge in [0.1, 0.15) is 10.8 Å². The quantitative estimate of drug-likeness (QED) is 0.720. The Morgan fingerprint density at radius 2 is 2.15 bits per heavy atom. The molecule has 0 spiro atoms. The highest BCUT2D eigenvalue weighted by Crippen LogP contribution is 2.41. The first-order valence-corrected chi connectivity index (χ1v) is 10.2. The van der Waals surface area contributed by atoms with Crippen LogP contribution in [-0.2, 0) is 0 Å². The van der Waals surface area contributed by atoms with Crippen molar-refractivity contribution in [1.82, 2.24) is 25.5 Å². The van der Waals surface area contributed by atoms with Crippen LogP contribution >= 0.6 is 11.8 Å². The van der Waals surface area contributed by atoms with Crippen molar-refractivity contribution in [1.29, 1.82) is 0 Å². The predicted molar refractivity (Wildman–Crippen MR) is 106 cm³/mol. The minimum Gasteiger partial charge on any atom is -0.507 e. The van der Waals surface area contributed by atoms with Gasteiger partial charge in [0.2, 0.25) is 0 Å². The molecule has 6 nitrogen and oxygen atoms in total. The molecule has 0 radical (unpaired) electrons. The Morgan fingerprint density at radius 3 is 2.96 bits per heavy atom. The van der Waals surface area contributed by atoms with Crippen LogP contribution in [0.3, 0.4) is 0 Å². The van der Waals surface area contributed by atoms with Crippen molar-refractivity contribution in [3.8, 4) is 17.1 Å². The molecular formula is C20H21N5OS. The van der Waals surface area contributed by atoms with Gasteiger partial charge >= 0.3 is 0 Å². The molecule has 1 unspecified atom stereocenters. The molecule has 2 fully saturated rings. The van der Waals surface area contributed by atoms with E-state index in [9.17, 15) is 5.11 Å². The molecule has 2 aliphatic heterocycles. The number of hydrogen-bond donors (Lipinski definition) is 2. The number of fused-ring (bicyclic) bond motifs is 3. The van der Waals surface area contributed by atoms with Crippen molar-refractivity contribution in [2.45, 2.75) is 54.5 Å². The van der Waals surface area contributed by atoms with Crippen LogP contribution in [0.4, 0.5) is 0 Å². The predicted octanol–water partition coefficient (Wildman–Crippen LogP) is 3.56. The lowest BCUT2D eigenvalue weighted by molar-refractivity contribution is 0.307. The summed E-state index contributed by atoms with van der Waals surface area (Å²) in [6, 6.07) is 6.10. The van der Waals surface area contributed by atoms with Gasteiger partial charge in [-0.05, 0) is 56.2 Å². The van der Waals surface area contributed by atoms with Crippen molar-refractivity contribution in [2.24, 2.45) is 0 Å². The molecule has 0 aliphatic carbocycles. The number of aromatic nitrogens is 4. The van der Waals surface area contributed by atoms with Gasteiger partial charge in [-0.3, -0.25) is 4.98 Å². The molecule has 138 valence electrons. The minimum absolute atomic E-state index is 0.139. The molecule has 3 aromatic rings. The third-order valence-corrected chi connectivity index (χ3v) is 6.77. The van der Waals surface area contributed by atoms with Crippen LogP contribution in [0.5, 0.6) is 5.75 Å². The highest BCUT2D eigenvalue weighted by molar-refractivity contribution is 7.99. The molecule has 3 atom stereocenters. The van der Waals surface area contributed by atoms with E-state index in [-0.39, 0.29) is 11.3 Å². The number of phenolic OH excluding ortho intramolecular Hbond substituents is 1. The summed E-state index contributed by atoms with van der Waals surface area (Å²) in [4.78, 5) is 8.55. The summed E-state index contributed by atoms with van der Waals surface area (Å²) in [5, 5.41) is 26.0. The zero-order valence-corrected chi connectivity index (χ0v) is 15.9. The second-order valence-electron chi connectivity index (χ2n) is 7.83. The number of nitrogens with one attached hydrogen (secondary N) is 1. The standard InChI is InChI=1S/C20H21N5OS/c1-20-4-2-14(23-20)8-15(9-20)27-18-11-22-19(25-24-18)16-6-12-3-5-21-10-13(12)7-17(16)26/h3,5-7,10-11,14-15,23,26H,2,4,8-9H2,1H3/t14?,15-,20+/m1/s1. The van der Waals surface area contributed by atoms with Gasteiger partial charge in [0, 0.05) is 34.6 Å². The molecule has 2 aromatic heterocycles. The second kappa shape index (κ2) is 6.42. The fourth-order valence-corrected chi connectivity index (χ4v) is 5.70. The summed E-state index contributed by atoms with van der Waals surface area (Å²) in [7, 11) is 0. The van der Waals surface area contributed by atoms with Crippen LogP contribution in [-0.4, -0.2) is 42.1 Å². The Labute approximate surface area is 161 Å². The smallest absolute Gasteiger partial charge is 0.185 e. The van der Waals surface area contributed by atoms with E-state index in [0.29, 0.717) is 22.7 Å². The Morgan fingerprint density at radius 1 is 1.22 bits per heavy atom. The third kappa shape index (κ3) is 3.26. The van der Waals surface area contributed by atoms with E-state index < -0.39 is 0 Å². The van der Waals surface area contributed by atoms with Gasteiger partial charge < -0.3 is 10.4 Å². The maximum absolute atomic E-state index is 10.3. The van der Waals surface area contributed by atoms with Crippen LogP contribution in [0.15, 0.2) is 41.8 Å². The lowest BCUT2D eigenvalue weighted by Gasteiger charge is -2.35. The topological polar surface area (TPSA) is 83.8 Å². The molecule has 7 heteroatoms. The maximum atomic E-state index is 10.3. The van der Waals surface area contributed by atoms with E-state index in [2.05, 4.69) is 32.4 Å². The van der Waals surface area contributed by atoms with E-state index in [1.807, 2.05) is 12.1 Å². The molecule has 2 bridgehead atoms. The van der Waals surface area contributed by atoms with Gasteiger partial charge in [0.05, 0.1) is 11.8 Å². The lowest BCUT2D eigenvalue weighted by atomic mass is 9.93. The van der Waals surface area contributed by atoms with Gasteiger partial charge in [0.25, 0.3) is 0 Å². The van der Waals surface area contributed by atoms with Gasteiger partial charge in [-0.15, -0.1) is 10.2 Å². The molecular weight excluding hydrogens is 358 g/mol. The first-order chi connectivity index (χ1) is 13.1. The minimum atomic E-state index is 0.139. The largest absolute Gasteiger partial charge is 0.507 e. The Kier molecular flexibility index (Phi) is 4.02. The van der Waals surface area contributed by atoms with E-state index in [4.69, 9.17) is 0 Å². The molecule has 2 aliphatic rings. The van der Waals surface area contributed by atoms with Gasteiger partial charge in [-0.1, -0.05) is 11.8 Å². The molecule has 2 N–H and O–H groups in total. The summed E-state index contributed by atoms with van der Waals surface area (Å²) in [6.45, 7) is 2.32. The number of phenols is 1. The summed E-state index contributed by atoms with van der Waals surface area (Å²) < 4.78 is 0. The molecule has 27 heavy (non-hydrogen) atoms. The monoisotopic (exact) mass is 379 g/mol. The first kappa shape index (κ1) is 16.9. The molecule has 2 saturated heterocycles. The number of aromatic hydroxyl groups is 1. The van der Waals surface area contributed by atoms with E-state index in [0.717, 1.165) is 22.2 Å². The van der Waals surface area contributed by atoms with Gasteiger partial charge in [-0.2, -0.15) is 0 Å². The maximum Gasteiger partial charge on any atom is 0.185 e. The van der Waals surface area contributed by atoms with Crippen molar-refractivity contribution in [2.75, 3.05) is 0 Å². The number of benzene rings is 1. The van der Waals surface area contributed by atoms with E-state index in [1.54, 1.807) is 36.4 Å². The highest BCUT2D eigenvalue weighted by Gasteiger charge is 2.42. The average molecular weight is 379 g/mol. The number of pyridine rings is 1.